The molecule has 0 saturated carbocycles. The van der Waals surface area contributed by atoms with Gasteiger partial charge >= 0.3 is 18.0 Å². The molecule has 1 heterocycles. The molecule has 0 radical (unpaired) electrons. The van der Waals surface area contributed by atoms with E-state index < -0.39 is 41.0 Å². The van der Waals surface area contributed by atoms with E-state index in [0.29, 0.717) is 4.68 Å². The van der Waals surface area contributed by atoms with Crippen molar-refractivity contribution in [3.05, 3.63) is 11.3 Å². The molecule has 0 atom stereocenters. The van der Waals surface area contributed by atoms with Gasteiger partial charge in [-0.05, 0) is 69.2 Å². The van der Waals surface area contributed by atoms with E-state index >= 15 is 0 Å². The Morgan fingerprint density at radius 2 is 1.31 bits per heavy atom. The molecule has 0 aliphatic carbocycles. The highest BCUT2D eigenvalue weighted by Crippen LogP contribution is 2.28. The fourth-order valence-electron chi connectivity index (χ4n) is 2.12. The van der Waals surface area contributed by atoms with Crippen LogP contribution >= 0.6 is 0 Å². The summed E-state index contributed by atoms with van der Waals surface area (Å²) in [6.45, 7) is 16.8. The number of ether oxygens (including phenoxy) is 4. The molecule has 0 bridgehead atoms. The van der Waals surface area contributed by atoms with Crippen LogP contribution in [0.1, 0.15) is 90.1 Å². The van der Waals surface area contributed by atoms with E-state index in [1.807, 2.05) is 0 Å². The zero-order chi connectivity index (χ0) is 22.7. The number of esters is 2. The maximum Gasteiger partial charge on any atom is 0.435 e. The lowest BCUT2D eigenvalue weighted by Gasteiger charge is -2.22. The molecule has 0 spiro atoms. The van der Waals surface area contributed by atoms with Crippen LogP contribution < -0.4 is 4.74 Å². The Balaban J connectivity index is 3.69. The van der Waals surface area contributed by atoms with E-state index in [1.165, 1.54) is 0 Å². The Morgan fingerprint density at radius 1 is 0.828 bits per heavy atom. The maximum atomic E-state index is 12.9. The zero-order valence-electron chi connectivity index (χ0n) is 18.9. The Kier molecular flexibility index (Phi) is 7.45. The quantitative estimate of drug-likeness (QED) is 0.528. The van der Waals surface area contributed by atoms with Gasteiger partial charge in [-0.1, -0.05) is 0 Å². The van der Waals surface area contributed by atoms with Crippen molar-refractivity contribution in [2.45, 2.75) is 92.6 Å². The molecule has 0 aromatic carbocycles. The minimum atomic E-state index is -0.940. The number of carbonyl (C=O) groups excluding carboxylic acids is 3. The molecule has 9 nitrogen and oxygen atoms in total. The van der Waals surface area contributed by atoms with Gasteiger partial charge in [-0.15, -0.1) is 5.10 Å². The smallest absolute Gasteiger partial charge is 0.435 e. The largest absolute Gasteiger partial charge is 0.473 e. The first-order valence-electron chi connectivity index (χ1n) is 9.49. The average Bonchev–Trinajstić information content (AvgIpc) is 2.81. The van der Waals surface area contributed by atoms with Crippen LogP contribution in [0.25, 0.3) is 0 Å². The summed E-state index contributed by atoms with van der Waals surface area (Å²) in [4.78, 5) is 38.4. The van der Waals surface area contributed by atoms with Gasteiger partial charge in [0.05, 0.1) is 12.2 Å². The van der Waals surface area contributed by atoms with E-state index in [9.17, 15) is 14.4 Å². The van der Waals surface area contributed by atoms with Crippen molar-refractivity contribution in [1.29, 1.82) is 0 Å². The number of hydrogen-bond donors (Lipinski definition) is 0. The highest BCUT2D eigenvalue weighted by atomic mass is 16.6. The fourth-order valence-corrected chi connectivity index (χ4v) is 2.12. The van der Waals surface area contributed by atoms with Crippen LogP contribution in [0.4, 0.5) is 4.79 Å². The van der Waals surface area contributed by atoms with Gasteiger partial charge in [-0.2, -0.15) is 4.68 Å². The first-order chi connectivity index (χ1) is 13.0. The third-order valence-electron chi connectivity index (χ3n) is 2.91. The molecule has 164 valence electrons. The molecule has 0 aliphatic heterocycles. The van der Waals surface area contributed by atoms with Crippen LogP contribution in [-0.2, 0) is 14.2 Å². The van der Waals surface area contributed by atoms with Gasteiger partial charge in [-0.25, -0.2) is 14.4 Å². The van der Waals surface area contributed by atoms with Gasteiger partial charge in [0.25, 0.3) is 0 Å². The van der Waals surface area contributed by atoms with E-state index in [4.69, 9.17) is 18.9 Å². The van der Waals surface area contributed by atoms with Crippen molar-refractivity contribution in [2.24, 2.45) is 0 Å². The van der Waals surface area contributed by atoms with Crippen LogP contribution in [0.15, 0.2) is 0 Å². The Hall–Kier alpha value is -2.58. The van der Waals surface area contributed by atoms with Crippen molar-refractivity contribution >= 4 is 18.0 Å². The molecule has 1 aromatic rings. The molecule has 0 amide bonds. The van der Waals surface area contributed by atoms with Gasteiger partial charge in [0.15, 0.2) is 11.3 Å². The predicted molar refractivity (Wildman–Crippen MR) is 105 cm³/mol. The maximum absolute atomic E-state index is 12.9. The van der Waals surface area contributed by atoms with E-state index in [0.717, 1.165) is 0 Å². The minimum absolute atomic E-state index is 0.212. The lowest BCUT2D eigenvalue weighted by atomic mass is 10.1. The zero-order valence-corrected chi connectivity index (χ0v) is 18.9. The lowest BCUT2D eigenvalue weighted by Crippen LogP contribution is -2.31. The summed E-state index contributed by atoms with van der Waals surface area (Å²) in [6.07, 6.45) is -1.80. The van der Waals surface area contributed by atoms with Crippen molar-refractivity contribution in [3.63, 3.8) is 0 Å². The summed E-state index contributed by atoms with van der Waals surface area (Å²) in [5, 5.41) is 4.02. The number of hydrogen-bond acceptors (Lipinski definition) is 8. The standard InChI is InChI=1S/C20H32N2O7/c1-11(2)26-15-13(16(23)28-19(5,6)7)14(17(24)29-20(8,9)10)22(21-15)18(25)27-12(3)4/h11-12H,1-10H3. The van der Waals surface area contributed by atoms with Crippen molar-refractivity contribution < 1.29 is 33.3 Å². The van der Waals surface area contributed by atoms with Gasteiger partial charge in [0.2, 0.25) is 5.88 Å². The Morgan fingerprint density at radius 3 is 1.72 bits per heavy atom. The summed E-state index contributed by atoms with van der Waals surface area (Å²) < 4.78 is 22.2. The number of rotatable bonds is 5. The van der Waals surface area contributed by atoms with Crippen LogP contribution in [0.2, 0.25) is 0 Å². The number of carbonyl (C=O) groups is 3. The minimum Gasteiger partial charge on any atom is -0.473 e. The molecule has 29 heavy (non-hydrogen) atoms. The van der Waals surface area contributed by atoms with Crippen molar-refractivity contribution in [1.82, 2.24) is 9.78 Å². The van der Waals surface area contributed by atoms with Crippen LogP contribution in [0.5, 0.6) is 5.88 Å². The molecule has 0 fully saturated rings. The second kappa shape index (κ2) is 8.84. The molecule has 0 unspecified atom stereocenters. The van der Waals surface area contributed by atoms with Gasteiger partial charge in [0.1, 0.15) is 11.2 Å². The first-order valence-corrected chi connectivity index (χ1v) is 9.49. The summed E-state index contributed by atoms with van der Waals surface area (Å²) in [7, 11) is 0. The number of nitrogens with zero attached hydrogens (tertiary/aromatic N) is 2. The predicted octanol–water partition coefficient (Wildman–Crippen LogP) is 3.97. The topological polar surface area (TPSA) is 106 Å². The molecule has 1 rings (SSSR count). The molecular weight excluding hydrogens is 380 g/mol. The summed E-state index contributed by atoms with van der Waals surface area (Å²) in [5.41, 5.74) is -2.42. The SMILES string of the molecule is CC(C)OC(=O)n1nc(OC(C)C)c(C(=O)OC(C)(C)C)c1C(=O)OC(C)(C)C. The normalized spacial score (nSPS) is 12.1. The summed E-state index contributed by atoms with van der Waals surface area (Å²) >= 11 is 0. The Bertz CT molecular complexity index is 765. The molecular formula is C20H32N2O7. The van der Waals surface area contributed by atoms with Crippen molar-refractivity contribution in [3.8, 4) is 5.88 Å². The van der Waals surface area contributed by atoms with Crippen molar-refractivity contribution in [2.75, 3.05) is 0 Å². The summed E-state index contributed by atoms with van der Waals surface area (Å²) in [6, 6.07) is 0. The van der Waals surface area contributed by atoms with Gasteiger partial charge in [-0.3, -0.25) is 0 Å². The van der Waals surface area contributed by atoms with Gasteiger partial charge < -0.3 is 18.9 Å². The molecule has 0 N–H and O–H groups in total. The highest BCUT2D eigenvalue weighted by molar-refractivity contribution is 6.05. The van der Waals surface area contributed by atoms with E-state index in [2.05, 4.69) is 5.10 Å². The highest BCUT2D eigenvalue weighted by Gasteiger charge is 2.38. The lowest BCUT2D eigenvalue weighted by molar-refractivity contribution is 0.000759. The fraction of sp³-hybridized carbons (Fsp3) is 0.700. The van der Waals surface area contributed by atoms with E-state index in [1.54, 1.807) is 69.2 Å². The van der Waals surface area contributed by atoms with Crippen LogP contribution in [0.3, 0.4) is 0 Å². The summed E-state index contributed by atoms with van der Waals surface area (Å²) in [5.74, 6) is -2.00. The molecule has 0 aliphatic rings. The number of aromatic nitrogens is 2. The third-order valence-corrected chi connectivity index (χ3v) is 2.91. The second-order valence-electron chi connectivity index (χ2n) is 9.04. The molecule has 1 aromatic heterocycles. The third kappa shape index (κ3) is 7.40. The van der Waals surface area contributed by atoms with Crippen LogP contribution in [0, 0.1) is 0 Å². The average molecular weight is 412 g/mol. The van der Waals surface area contributed by atoms with Gasteiger partial charge in [0, 0.05) is 0 Å². The second-order valence-corrected chi connectivity index (χ2v) is 9.04. The van der Waals surface area contributed by atoms with E-state index in [-0.39, 0.29) is 17.5 Å². The first kappa shape index (κ1) is 24.5. The molecule has 9 heteroatoms. The Labute approximate surface area is 171 Å². The van der Waals surface area contributed by atoms with Crippen LogP contribution in [-0.4, -0.2) is 51.2 Å². The monoisotopic (exact) mass is 412 g/mol. The molecule has 0 saturated heterocycles.